The predicted molar refractivity (Wildman–Crippen MR) is 77.5 cm³/mol. The van der Waals surface area contributed by atoms with E-state index in [-0.39, 0.29) is 17.2 Å². The molecule has 22 heavy (non-hydrogen) atoms. The molecule has 1 aromatic rings. The summed E-state index contributed by atoms with van der Waals surface area (Å²) in [4.78, 5) is 0. The van der Waals surface area contributed by atoms with E-state index in [1.807, 2.05) is 6.92 Å². The number of sulfone groups is 1. The first-order valence-electron chi connectivity index (χ1n) is 7.13. The molecule has 2 rings (SSSR count). The minimum atomic E-state index is -4.79. The van der Waals surface area contributed by atoms with Crippen molar-refractivity contribution < 1.29 is 26.7 Å². The van der Waals surface area contributed by atoms with Gasteiger partial charge >= 0.3 is 6.18 Å². The summed E-state index contributed by atoms with van der Waals surface area (Å²) in [5, 5.41) is 8.92. The summed E-state index contributed by atoms with van der Waals surface area (Å²) < 4.78 is 61.0. The fourth-order valence-corrected chi connectivity index (χ4v) is 3.96. The Balaban J connectivity index is 2.34. The van der Waals surface area contributed by atoms with Crippen molar-refractivity contribution in [2.45, 2.75) is 44.0 Å². The third kappa shape index (κ3) is 3.74. The molecule has 3 nitrogen and oxygen atoms in total. The van der Waals surface area contributed by atoms with E-state index in [1.165, 1.54) is 13.0 Å². The van der Waals surface area contributed by atoms with Crippen LogP contribution in [0.15, 0.2) is 18.2 Å². The van der Waals surface area contributed by atoms with E-state index in [0.29, 0.717) is 11.5 Å². The maximum Gasteiger partial charge on any atom is 0.402 e. The summed E-state index contributed by atoms with van der Waals surface area (Å²) in [7, 11) is -4.43. The van der Waals surface area contributed by atoms with Gasteiger partial charge in [0, 0.05) is 5.56 Å². The van der Waals surface area contributed by atoms with Crippen LogP contribution < -0.4 is 0 Å². The average molecular weight is 336 g/mol. The molecule has 1 fully saturated rings. The van der Waals surface area contributed by atoms with Gasteiger partial charge in [-0.15, -0.1) is 0 Å². The van der Waals surface area contributed by atoms with Gasteiger partial charge in [0.15, 0.2) is 9.84 Å². The van der Waals surface area contributed by atoms with Gasteiger partial charge in [-0.05, 0) is 37.2 Å². The average Bonchev–Trinajstić information content (AvgIpc) is 3.18. The highest BCUT2D eigenvalue weighted by atomic mass is 32.2. The molecule has 0 aliphatic heterocycles. The number of rotatable bonds is 5. The second-order valence-electron chi connectivity index (χ2n) is 5.98. The molecule has 0 heterocycles. The van der Waals surface area contributed by atoms with Crippen molar-refractivity contribution in [2.75, 3.05) is 5.75 Å². The lowest BCUT2D eigenvalue weighted by atomic mass is 9.93. The van der Waals surface area contributed by atoms with Crippen LogP contribution in [0.25, 0.3) is 0 Å². The first-order chi connectivity index (χ1) is 10.0. The van der Waals surface area contributed by atoms with E-state index in [2.05, 4.69) is 0 Å². The largest absolute Gasteiger partial charge is 0.507 e. The smallest absolute Gasteiger partial charge is 0.402 e. The lowest BCUT2D eigenvalue weighted by Gasteiger charge is -2.20. The van der Waals surface area contributed by atoms with Crippen LogP contribution in [0.1, 0.15) is 49.0 Å². The Morgan fingerprint density at radius 1 is 1.23 bits per heavy atom. The molecule has 0 aromatic heterocycles. The first-order valence-corrected chi connectivity index (χ1v) is 8.84. The fraction of sp³-hybridized carbons (Fsp3) is 0.600. The van der Waals surface area contributed by atoms with E-state index in [4.69, 9.17) is 0 Å². The summed E-state index contributed by atoms with van der Waals surface area (Å²) in [6.45, 7) is 3.12. The molecule has 2 unspecified atom stereocenters. The minimum absolute atomic E-state index is 0.0363. The zero-order chi connectivity index (χ0) is 16.7. The molecule has 7 heteroatoms. The van der Waals surface area contributed by atoms with Crippen LogP contribution in [0, 0.1) is 5.92 Å². The Hall–Kier alpha value is -1.24. The fourth-order valence-electron chi connectivity index (χ4n) is 2.67. The lowest BCUT2D eigenvalue weighted by molar-refractivity contribution is -0.106. The number of halogens is 3. The molecule has 2 atom stereocenters. The van der Waals surface area contributed by atoms with E-state index in [0.717, 1.165) is 12.8 Å². The van der Waals surface area contributed by atoms with E-state index >= 15 is 0 Å². The van der Waals surface area contributed by atoms with Gasteiger partial charge in [-0.1, -0.05) is 25.1 Å². The quantitative estimate of drug-likeness (QED) is 0.886. The molecular formula is C15H19F3O3S. The maximum absolute atomic E-state index is 12.4. The molecular weight excluding hydrogens is 317 g/mol. The molecule has 0 radical (unpaired) electrons. The van der Waals surface area contributed by atoms with Gasteiger partial charge in [-0.3, -0.25) is 0 Å². The molecule has 0 amide bonds. The molecule has 124 valence electrons. The molecule has 1 aliphatic rings. The lowest BCUT2D eigenvalue weighted by Crippen LogP contribution is -2.26. The van der Waals surface area contributed by atoms with Crippen LogP contribution in [0.2, 0.25) is 0 Å². The van der Waals surface area contributed by atoms with E-state index in [1.54, 1.807) is 12.1 Å². The van der Waals surface area contributed by atoms with Crippen LogP contribution in [-0.4, -0.2) is 25.5 Å². The molecule has 1 aromatic carbocycles. The van der Waals surface area contributed by atoms with Crippen molar-refractivity contribution >= 4 is 9.84 Å². The minimum Gasteiger partial charge on any atom is -0.507 e. The Morgan fingerprint density at radius 3 is 2.27 bits per heavy atom. The number of alkyl halides is 3. The first kappa shape index (κ1) is 17.1. The summed E-state index contributed by atoms with van der Waals surface area (Å²) in [6.07, 6.45) is -2.69. The van der Waals surface area contributed by atoms with Crippen LogP contribution in [0.4, 0.5) is 13.2 Å². The van der Waals surface area contributed by atoms with Crippen molar-refractivity contribution in [1.82, 2.24) is 0 Å². The van der Waals surface area contributed by atoms with Gasteiger partial charge in [-0.2, -0.15) is 13.2 Å². The summed E-state index contributed by atoms with van der Waals surface area (Å²) in [5.74, 6) is -1.57. The SMILES string of the molecule is CC(c1cccc(C(C)S(=O)(=O)CC(F)(F)F)c1O)C1CC1. The van der Waals surface area contributed by atoms with Crippen molar-refractivity contribution in [3.05, 3.63) is 29.3 Å². The number of aromatic hydroxyl groups is 1. The number of hydrogen-bond acceptors (Lipinski definition) is 3. The number of hydrogen-bond donors (Lipinski definition) is 1. The highest BCUT2D eigenvalue weighted by Crippen LogP contribution is 2.46. The molecule has 0 spiro atoms. The monoisotopic (exact) mass is 336 g/mol. The van der Waals surface area contributed by atoms with Gasteiger partial charge < -0.3 is 5.11 Å². The molecule has 1 aliphatic carbocycles. The number of benzene rings is 1. The van der Waals surface area contributed by atoms with Gasteiger partial charge in [0.1, 0.15) is 11.5 Å². The van der Waals surface area contributed by atoms with Crippen LogP contribution in [0.3, 0.4) is 0 Å². The zero-order valence-electron chi connectivity index (χ0n) is 12.4. The van der Waals surface area contributed by atoms with E-state index < -0.39 is 27.0 Å². The van der Waals surface area contributed by atoms with E-state index in [9.17, 15) is 26.7 Å². The van der Waals surface area contributed by atoms with Gasteiger partial charge in [0.2, 0.25) is 0 Å². The van der Waals surface area contributed by atoms with Crippen molar-refractivity contribution in [1.29, 1.82) is 0 Å². The summed E-state index contributed by atoms with van der Waals surface area (Å²) in [5.41, 5.74) is 0.642. The summed E-state index contributed by atoms with van der Waals surface area (Å²) in [6, 6.07) is 4.66. The predicted octanol–water partition coefficient (Wildman–Crippen LogP) is 3.94. The highest BCUT2D eigenvalue weighted by Gasteiger charge is 2.39. The molecule has 1 saturated carbocycles. The molecule has 0 saturated heterocycles. The van der Waals surface area contributed by atoms with Gasteiger partial charge in [0.25, 0.3) is 0 Å². The van der Waals surface area contributed by atoms with Crippen LogP contribution in [-0.2, 0) is 9.84 Å². The Bertz CT molecular complexity index is 648. The number of para-hydroxylation sites is 1. The Kier molecular flexibility index (Phi) is 4.48. The Labute approximate surface area is 128 Å². The van der Waals surface area contributed by atoms with Crippen molar-refractivity contribution in [3.8, 4) is 5.75 Å². The third-order valence-corrected chi connectivity index (χ3v) is 6.32. The topological polar surface area (TPSA) is 54.4 Å². The van der Waals surface area contributed by atoms with Crippen LogP contribution in [0.5, 0.6) is 5.75 Å². The maximum atomic E-state index is 12.4. The molecule has 0 bridgehead atoms. The van der Waals surface area contributed by atoms with Gasteiger partial charge in [-0.25, -0.2) is 8.42 Å². The Morgan fingerprint density at radius 2 is 1.77 bits per heavy atom. The van der Waals surface area contributed by atoms with Crippen molar-refractivity contribution in [3.63, 3.8) is 0 Å². The normalized spacial score (nSPS) is 19.0. The summed E-state index contributed by atoms with van der Waals surface area (Å²) >= 11 is 0. The van der Waals surface area contributed by atoms with Crippen molar-refractivity contribution in [2.24, 2.45) is 5.92 Å². The second-order valence-corrected chi connectivity index (χ2v) is 8.30. The zero-order valence-corrected chi connectivity index (χ0v) is 13.2. The number of phenols is 1. The van der Waals surface area contributed by atoms with Crippen LogP contribution >= 0.6 is 0 Å². The number of phenolic OH excluding ortho intramolecular Hbond substituents is 1. The second kappa shape index (κ2) is 5.76. The third-order valence-electron chi connectivity index (χ3n) is 4.26. The molecule has 1 N–H and O–H groups in total. The van der Waals surface area contributed by atoms with Gasteiger partial charge in [0.05, 0.1) is 5.25 Å². The highest BCUT2D eigenvalue weighted by molar-refractivity contribution is 7.91. The standard InChI is InChI=1S/C15H19F3O3S/c1-9(11-6-7-11)12-4-3-5-13(14(12)19)10(2)22(20,21)8-15(16,17)18/h3-5,9-11,19H,6-8H2,1-2H3.